The third kappa shape index (κ3) is 5.74. The highest BCUT2D eigenvalue weighted by atomic mass is 16.5. The molecule has 150 valence electrons. The Hall–Kier alpha value is -3.02. The van der Waals surface area contributed by atoms with Crippen LogP contribution in [-0.4, -0.2) is 32.1 Å². The lowest BCUT2D eigenvalue weighted by Crippen LogP contribution is -2.45. The van der Waals surface area contributed by atoms with E-state index >= 15 is 0 Å². The van der Waals surface area contributed by atoms with Crippen molar-refractivity contribution >= 4 is 17.5 Å². The number of hydrogen-bond donors (Lipinski definition) is 2. The molecule has 28 heavy (non-hydrogen) atoms. The Morgan fingerprint density at radius 2 is 1.54 bits per heavy atom. The van der Waals surface area contributed by atoms with Gasteiger partial charge in [0.25, 0.3) is 0 Å². The molecule has 2 rings (SSSR count). The van der Waals surface area contributed by atoms with Crippen LogP contribution in [-0.2, 0) is 16.0 Å². The molecular weight excluding hydrogens is 356 g/mol. The summed E-state index contributed by atoms with van der Waals surface area (Å²) in [4.78, 5) is 25.1. The van der Waals surface area contributed by atoms with Gasteiger partial charge >= 0.3 is 0 Å². The van der Waals surface area contributed by atoms with Crippen molar-refractivity contribution in [2.45, 2.75) is 27.2 Å². The van der Waals surface area contributed by atoms with E-state index in [0.29, 0.717) is 25.3 Å². The summed E-state index contributed by atoms with van der Waals surface area (Å²) in [5.41, 5.74) is 0.503. The molecule has 0 spiro atoms. The van der Waals surface area contributed by atoms with E-state index < -0.39 is 5.41 Å². The Morgan fingerprint density at radius 1 is 0.929 bits per heavy atom. The zero-order valence-electron chi connectivity index (χ0n) is 16.9. The first-order chi connectivity index (χ1) is 13.4. The molecule has 0 bridgehead atoms. The lowest BCUT2D eigenvalue weighted by molar-refractivity contribution is -0.138. The maximum absolute atomic E-state index is 12.6. The van der Waals surface area contributed by atoms with Crippen LogP contribution in [0.15, 0.2) is 48.5 Å². The van der Waals surface area contributed by atoms with E-state index in [1.165, 1.54) is 0 Å². The minimum Gasteiger partial charge on any atom is -0.497 e. The summed E-state index contributed by atoms with van der Waals surface area (Å²) in [6, 6.07) is 14.7. The van der Waals surface area contributed by atoms with Gasteiger partial charge in [0.05, 0.1) is 13.7 Å². The Labute approximate surface area is 166 Å². The van der Waals surface area contributed by atoms with Gasteiger partial charge in [-0.25, -0.2) is 0 Å². The lowest BCUT2D eigenvalue weighted by atomic mass is 9.91. The molecule has 0 aliphatic carbocycles. The number of amides is 2. The van der Waals surface area contributed by atoms with Crippen LogP contribution < -0.4 is 20.1 Å². The van der Waals surface area contributed by atoms with Crippen LogP contribution in [0.25, 0.3) is 0 Å². The van der Waals surface area contributed by atoms with Gasteiger partial charge in [-0.3, -0.25) is 9.59 Å². The summed E-state index contributed by atoms with van der Waals surface area (Å²) in [7, 11) is 1.62. The van der Waals surface area contributed by atoms with Gasteiger partial charge in [-0.15, -0.1) is 0 Å². The van der Waals surface area contributed by atoms with Crippen molar-refractivity contribution < 1.29 is 19.1 Å². The number of carbonyl (C=O) groups excluding carboxylic acids is 2. The lowest BCUT2D eigenvalue weighted by Gasteiger charge is -2.23. The molecule has 0 saturated heterocycles. The number of carbonyl (C=O) groups is 2. The van der Waals surface area contributed by atoms with E-state index in [1.54, 1.807) is 45.2 Å². The number of ether oxygens (including phenoxy) is 2. The zero-order valence-corrected chi connectivity index (χ0v) is 16.9. The van der Waals surface area contributed by atoms with Gasteiger partial charge in [-0.2, -0.15) is 0 Å². The first-order valence-electron chi connectivity index (χ1n) is 9.32. The van der Waals surface area contributed by atoms with E-state index in [-0.39, 0.29) is 11.8 Å². The molecule has 0 unspecified atom stereocenters. The van der Waals surface area contributed by atoms with Crippen molar-refractivity contribution in [2.24, 2.45) is 5.41 Å². The number of rotatable bonds is 9. The van der Waals surface area contributed by atoms with E-state index in [0.717, 1.165) is 17.1 Å². The first kappa shape index (κ1) is 21.3. The fourth-order valence-electron chi connectivity index (χ4n) is 2.53. The summed E-state index contributed by atoms with van der Waals surface area (Å²) in [6.45, 7) is 6.16. The highest BCUT2D eigenvalue weighted by Gasteiger charge is 2.35. The van der Waals surface area contributed by atoms with Crippen molar-refractivity contribution in [2.75, 3.05) is 25.6 Å². The number of hydrogen-bond acceptors (Lipinski definition) is 4. The topological polar surface area (TPSA) is 76.7 Å². The molecule has 2 amide bonds. The van der Waals surface area contributed by atoms with Crippen molar-refractivity contribution in [1.82, 2.24) is 5.32 Å². The molecule has 2 aromatic rings. The summed E-state index contributed by atoms with van der Waals surface area (Å²) >= 11 is 0. The van der Waals surface area contributed by atoms with Gasteiger partial charge in [-0.1, -0.05) is 12.1 Å². The Kier molecular flexibility index (Phi) is 7.44. The first-order valence-corrected chi connectivity index (χ1v) is 9.32. The van der Waals surface area contributed by atoms with Crippen LogP contribution in [0.1, 0.15) is 26.3 Å². The molecule has 0 heterocycles. The molecule has 0 aliphatic heterocycles. The zero-order chi connectivity index (χ0) is 20.6. The van der Waals surface area contributed by atoms with Crippen molar-refractivity contribution in [3.8, 4) is 11.5 Å². The molecule has 0 saturated carbocycles. The average molecular weight is 384 g/mol. The Balaban J connectivity index is 1.86. The van der Waals surface area contributed by atoms with Crippen molar-refractivity contribution in [3.05, 3.63) is 54.1 Å². The SMILES string of the molecule is CCOc1ccc(NC(=O)C(C)(C)C(=O)NCCc2ccc(OC)cc2)cc1. The van der Waals surface area contributed by atoms with Crippen LogP contribution in [0.4, 0.5) is 5.69 Å². The molecule has 6 heteroatoms. The third-order valence-electron chi connectivity index (χ3n) is 4.42. The van der Waals surface area contributed by atoms with Crippen molar-refractivity contribution in [1.29, 1.82) is 0 Å². The minimum absolute atomic E-state index is 0.315. The summed E-state index contributed by atoms with van der Waals surface area (Å²) in [6.07, 6.45) is 0.673. The van der Waals surface area contributed by atoms with Gasteiger partial charge in [-0.05, 0) is 69.2 Å². The molecule has 2 aromatic carbocycles. The maximum Gasteiger partial charge on any atom is 0.239 e. The predicted molar refractivity (Wildman–Crippen MR) is 110 cm³/mol. The normalized spacial score (nSPS) is 10.9. The fraction of sp³-hybridized carbons (Fsp3) is 0.364. The van der Waals surface area contributed by atoms with Crippen molar-refractivity contribution in [3.63, 3.8) is 0 Å². The molecule has 0 aliphatic rings. The largest absolute Gasteiger partial charge is 0.497 e. The molecule has 6 nitrogen and oxygen atoms in total. The summed E-state index contributed by atoms with van der Waals surface area (Å²) in [5, 5.41) is 5.63. The molecule has 0 atom stereocenters. The van der Waals surface area contributed by atoms with E-state index in [9.17, 15) is 9.59 Å². The quantitative estimate of drug-likeness (QED) is 0.650. The maximum atomic E-state index is 12.6. The number of anilines is 1. The van der Waals surface area contributed by atoms with E-state index in [2.05, 4.69) is 10.6 Å². The second-order valence-electron chi connectivity index (χ2n) is 6.89. The summed E-state index contributed by atoms with van der Waals surface area (Å²) in [5.74, 6) is 0.846. The molecule has 0 radical (unpaired) electrons. The van der Waals surface area contributed by atoms with Gasteiger partial charge in [0.1, 0.15) is 16.9 Å². The highest BCUT2D eigenvalue weighted by molar-refractivity contribution is 6.09. The second kappa shape index (κ2) is 9.78. The number of nitrogens with one attached hydrogen (secondary N) is 2. The van der Waals surface area contributed by atoms with Crippen LogP contribution in [0.3, 0.4) is 0 Å². The monoisotopic (exact) mass is 384 g/mol. The summed E-state index contributed by atoms with van der Waals surface area (Å²) < 4.78 is 10.5. The second-order valence-corrected chi connectivity index (χ2v) is 6.89. The standard InChI is InChI=1S/C22H28N2O4/c1-5-28-19-12-8-17(9-13-19)24-21(26)22(2,3)20(25)23-15-14-16-6-10-18(27-4)11-7-16/h6-13H,5,14-15H2,1-4H3,(H,23,25)(H,24,26). The third-order valence-corrected chi connectivity index (χ3v) is 4.42. The molecular formula is C22H28N2O4. The number of methoxy groups -OCH3 is 1. The Bertz CT molecular complexity index is 783. The van der Waals surface area contributed by atoms with Gasteiger partial charge in [0, 0.05) is 12.2 Å². The van der Waals surface area contributed by atoms with E-state index in [1.807, 2.05) is 31.2 Å². The van der Waals surface area contributed by atoms with Gasteiger partial charge in [0.2, 0.25) is 11.8 Å². The van der Waals surface area contributed by atoms with Crippen LogP contribution in [0.2, 0.25) is 0 Å². The van der Waals surface area contributed by atoms with Crippen LogP contribution in [0.5, 0.6) is 11.5 Å². The number of benzene rings is 2. The van der Waals surface area contributed by atoms with Crippen LogP contribution in [0, 0.1) is 5.41 Å². The highest BCUT2D eigenvalue weighted by Crippen LogP contribution is 2.21. The van der Waals surface area contributed by atoms with Gasteiger partial charge in [0.15, 0.2) is 0 Å². The molecule has 0 aromatic heterocycles. The molecule has 2 N–H and O–H groups in total. The van der Waals surface area contributed by atoms with Gasteiger partial charge < -0.3 is 20.1 Å². The van der Waals surface area contributed by atoms with Crippen LogP contribution >= 0.6 is 0 Å². The predicted octanol–water partition coefficient (Wildman–Crippen LogP) is 3.42. The Morgan fingerprint density at radius 3 is 2.11 bits per heavy atom. The van der Waals surface area contributed by atoms with E-state index in [4.69, 9.17) is 9.47 Å². The average Bonchev–Trinajstić information content (AvgIpc) is 2.70. The minimum atomic E-state index is -1.20. The molecule has 0 fully saturated rings. The smallest absolute Gasteiger partial charge is 0.239 e. The fourth-order valence-corrected chi connectivity index (χ4v) is 2.53.